The largest absolute Gasteiger partial charge is 0.364 e. The van der Waals surface area contributed by atoms with Crippen LogP contribution in [0.3, 0.4) is 0 Å². The van der Waals surface area contributed by atoms with Crippen molar-refractivity contribution in [3.63, 3.8) is 0 Å². The fraction of sp³-hybridized carbons (Fsp3) is 0.200. The van der Waals surface area contributed by atoms with Crippen LogP contribution < -0.4 is 10.0 Å². The second kappa shape index (κ2) is 7.75. The monoisotopic (exact) mass is 382 g/mol. The highest BCUT2D eigenvalue weighted by molar-refractivity contribution is 7.92. The first-order chi connectivity index (χ1) is 12.8. The first kappa shape index (κ1) is 18.8. The third-order valence-electron chi connectivity index (χ3n) is 4.26. The number of hydrogen-bond donors (Lipinski definition) is 2. The first-order valence-electron chi connectivity index (χ1n) is 8.57. The van der Waals surface area contributed by atoms with Gasteiger partial charge in [0.05, 0.1) is 4.90 Å². The predicted octanol–water partition coefficient (Wildman–Crippen LogP) is 3.81. The van der Waals surface area contributed by atoms with Crippen LogP contribution in [0.15, 0.2) is 59.5 Å². The van der Waals surface area contributed by atoms with Gasteiger partial charge in [0.2, 0.25) is 0 Å². The second-order valence-electron chi connectivity index (χ2n) is 6.46. The summed E-state index contributed by atoms with van der Waals surface area (Å²) in [6.45, 7) is 6.29. The van der Waals surface area contributed by atoms with Gasteiger partial charge in [0.1, 0.15) is 5.82 Å². The normalized spacial score (nSPS) is 11.2. The highest BCUT2D eigenvalue weighted by Crippen LogP contribution is 2.20. The Morgan fingerprint density at radius 2 is 1.56 bits per heavy atom. The number of benzene rings is 2. The quantitative estimate of drug-likeness (QED) is 0.677. The van der Waals surface area contributed by atoms with Gasteiger partial charge >= 0.3 is 0 Å². The van der Waals surface area contributed by atoms with E-state index in [2.05, 4.69) is 20.2 Å². The number of aryl methyl sites for hydroxylation is 3. The minimum absolute atomic E-state index is 0.178. The van der Waals surface area contributed by atoms with Crippen molar-refractivity contribution < 1.29 is 8.42 Å². The van der Waals surface area contributed by atoms with Crippen LogP contribution in [0.4, 0.5) is 11.6 Å². The molecule has 0 saturated carbocycles. The van der Waals surface area contributed by atoms with E-state index >= 15 is 0 Å². The third kappa shape index (κ3) is 4.62. The molecule has 0 atom stereocenters. The highest BCUT2D eigenvalue weighted by Gasteiger charge is 2.18. The maximum Gasteiger partial charge on any atom is 0.263 e. The zero-order chi connectivity index (χ0) is 19.4. The molecule has 1 heterocycles. The molecule has 140 valence electrons. The third-order valence-corrected chi connectivity index (χ3v) is 5.75. The number of aromatic nitrogens is 2. The zero-order valence-corrected chi connectivity index (χ0v) is 16.3. The van der Waals surface area contributed by atoms with Crippen molar-refractivity contribution in [1.82, 2.24) is 10.2 Å². The fourth-order valence-corrected chi connectivity index (χ4v) is 3.99. The molecule has 0 aliphatic carbocycles. The maximum absolute atomic E-state index is 12.6. The molecule has 0 radical (unpaired) electrons. The maximum atomic E-state index is 12.6. The average Bonchev–Trinajstić information content (AvgIpc) is 2.64. The van der Waals surface area contributed by atoms with Crippen molar-refractivity contribution >= 4 is 21.7 Å². The van der Waals surface area contributed by atoms with E-state index in [1.54, 1.807) is 31.2 Å². The van der Waals surface area contributed by atoms with Crippen LogP contribution in [0.25, 0.3) is 0 Å². The van der Waals surface area contributed by atoms with Gasteiger partial charge in [-0.1, -0.05) is 36.4 Å². The van der Waals surface area contributed by atoms with E-state index in [9.17, 15) is 8.42 Å². The van der Waals surface area contributed by atoms with E-state index < -0.39 is 10.0 Å². The average molecular weight is 382 g/mol. The van der Waals surface area contributed by atoms with Crippen molar-refractivity contribution in [2.24, 2.45) is 0 Å². The molecule has 0 fully saturated rings. The molecule has 2 aromatic carbocycles. The van der Waals surface area contributed by atoms with E-state index in [0.29, 0.717) is 17.9 Å². The smallest absolute Gasteiger partial charge is 0.263 e. The number of hydrogen-bond acceptors (Lipinski definition) is 5. The van der Waals surface area contributed by atoms with Gasteiger partial charge in [-0.15, -0.1) is 10.2 Å². The summed E-state index contributed by atoms with van der Waals surface area (Å²) >= 11 is 0. The molecular formula is C20H22N4O2S. The van der Waals surface area contributed by atoms with E-state index in [1.165, 1.54) is 11.1 Å². The molecule has 0 unspecified atom stereocenters. The lowest BCUT2D eigenvalue weighted by Crippen LogP contribution is -2.16. The van der Waals surface area contributed by atoms with E-state index in [0.717, 1.165) is 5.56 Å². The van der Waals surface area contributed by atoms with Crippen molar-refractivity contribution in [2.45, 2.75) is 32.2 Å². The second-order valence-corrected chi connectivity index (χ2v) is 8.11. The van der Waals surface area contributed by atoms with Crippen LogP contribution >= 0.6 is 0 Å². The lowest BCUT2D eigenvalue weighted by Gasteiger charge is -2.11. The Hall–Kier alpha value is -2.93. The first-order valence-corrected chi connectivity index (χ1v) is 10.1. The van der Waals surface area contributed by atoms with E-state index in [-0.39, 0.29) is 10.7 Å². The van der Waals surface area contributed by atoms with E-state index in [1.807, 2.05) is 44.2 Å². The summed E-state index contributed by atoms with van der Waals surface area (Å²) in [4.78, 5) is 0.242. The molecule has 0 spiro atoms. The standard InChI is InChI=1S/C20H22N4O2S/c1-14-8-9-16(3)18(12-14)27(25,26)24-20-11-10-19(22-23-20)21-13-17-7-5-4-6-15(17)2/h4-12H,13H2,1-3H3,(H,21,22)(H,23,24). The van der Waals surface area contributed by atoms with Crippen LogP contribution in [0.1, 0.15) is 22.3 Å². The summed E-state index contributed by atoms with van der Waals surface area (Å²) in [7, 11) is -3.71. The lowest BCUT2D eigenvalue weighted by molar-refractivity contribution is 0.600. The summed E-state index contributed by atoms with van der Waals surface area (Å²) < 4.78 is 27.7. The molecule has 27 heavy (non-hydrogen) atoms. The Kier molecular flexibility index (Phi) is 5.41. The van der Waals surface area contributed by atoms with Crippen LogP contribution in [0.2, 0.25) is 0 Å². The summed E-state index contributed by atoms with van der Waals surface area (Å²) in [5, 5.41) is 11.2. The van der Waals surface area contributed by atoms with Crippen LogP contribution in [-0.4, -0.2) is 18.6 Å². The molecular weight excluding hydrogens is 360 g/mol. The summed E-state index contributed by atoms with van der Waals surface area (Å²) in [6, 6.07) is 16.7. The molecule has 1 aromatic heterocycles. The highest BCUT2D eigenvalue weighted by atomic mass is 32.2. The zero-order valence-electron chi connectivity index (χ0n) is 15.5. The molecule has 6 nitrogen and oxygen atoms in total. The molecule has 2 N–H and O–H groups in total. The Labute approximate surface area is 159 Å². The number of anilines is 2. The van der Waals surface area contributed by atoms with Crippen LogP contribution in [0.5, 0.6) is 0 Å². The van der Waals surface area contributed by atoms with Crippen molar-refractivity contribution in [3.05, 3.63) is 76.9 Å². The van der Waals surface area contributed by atoms with Gasteiger partial charge in [0.25, 0.3) is 10.0 Å². The number of nitrogens with zero attached hydrogens (tertiary/aromatic N) is 2. The van der Waals surface area contributed by atoms with Gasteiger partial charge in [-0.3, -0.25) is 4.72 Å². The van der Waals surface area contributed by atoms with Crippen molar-refractivity contribution in [2.75, 3.05) is 10.0 Å². The minimum atomic E-state index is -3.71. The van der Waals surface area contributed by atoms with Gasteiger partial charge in [0.15, 0.2) is 5.82 Å². The topological polar surface area (TPSA) is 84.0 Å². The van der Waals surface area contributed by atoms with Gasteiger partial charge in [-0.2, -0.15) is 0 Å². The molecule has 3 aromatic rings. The Balaban J connectivity index is 1.70. The van der Waals surface area contributed by atoms with Gasteiger partial charge in [0, 0.05) is 6.54 Å². The van der Waals surface area contributed by atoms with Crippen LogP contribution in [0, 0.1) is 20.8 Å². The van der Waals surface area contributed by atoms with Gasteiger partial charge < -0.3 is 5.32 Å². The Bertz CT molecular complexity index is 1050. The molecule has 0 saturated heterocycles. The summed E-state index contributed by atoms with van der Waals surface area (Å²) in [5.41, 5.74) is 3.91. The SMILES string of the molecule is Cc1ccc(C)c(S(=O)(=O)Nc2ccc(NCc3ccccc3C)nn2)c1. The molecule has 3 rings (SSSR count). The van der Waals surface area contributed by atoms with E-state index in [4.69, 9.17) is 0 Å². The molecule has 0 amide bonds. The fourth-order valence-electron chi connectivity index (χ4n) is 2.66. The number of sulfonamides is 1. The van der Waals surface area contributed by atoms with Gasteiger partial charge in [-0.05, 0) is 61.2 Å². The molecule has 0 aliphatic heterocycles. The Morgan fingerprint density at radius 3 is 2.26 bits per heavy atom. The van der Waals surface area contributed by atoms with Gasteiger partial charge in [-0.25, -0.2) is 8.42 Å². The summed E-state index contributed by atoms with van der Waals surface area (Å²) in [6.07, 6.45) is 0. The molecule has 0 aliphatic rings. The lowest BCUT2D eigenvalue weighted by atomic mass is 10.1. The number of nitrogens with one attached hydrogen (secondary N) is 2. The van der Waals surface area contributed by atoms with Crippen molar-refractivity contribution in [3.8, 4) is 0 Å². The molecule has 0 bridgehead atoms. The predicted molar refractivity (Wildman–Crippen MR) is 107 cm³/mol. The Morgan fingerprint density at radius 1 is 0.852 bits per heavy atom. The number of rotatable bonds is 6. The van der Waals surface area contributed by atoms with Crippen LogP contribution in [-0.2, 0) is 16.6 Å². The molecule has 7 heteroatoms. The summed E-state index contributed by atoms with van der Waals surface area (Å²) in [5.74, 6) is 0.755. The minimum Gasteiger partial charge on any atom is -0.364 e. The van der Waals surface area contributed by atoms with Crippen molar-refractivity contribution in [1.29, 1.82) is 0 Å².